The van der Waals surface area contributed by atoms with Crippen molar-refractivity contribution in [2.45, 2.75) is 32.9 Å². The molecular weight excluding hydrogens is 336 g/mol. The first-order valence-corrected chi connectivity index (χ1v) is 8.02. The van der Waals surface area contributed by atoms with Gasteiger partial charge < -0.3 is 4.74 Å². The summed E-state index contributed by atoms with van der Waals surface area (Å²) in [5.41, 5.74) is 3.20. The molecule has 0 amide bonds. The van der Waals surface area contributed by atoms with E-state index in [-0.39, 0.29) is 10.8 Å². The zero-order valence-electron chi connectivity index (χ0n) is 13.0. The van der Waals surface area contributed by atoms with Gasteiger partial charge in [-0.25, -0.2) is 0 Å². The number of aromatic nitrogens is 3. The Hall–Kier alpha value is -2.21. The van der Waals surface area contributed by atoms with Crippen molar-refractivity contribution in [3.8, 4) is 16.9 Å². The smallest absolute Gasteiger partial charge is 0.387 e. The molecule has 0 saturated carbocycles. The van der Waals surface area contributed by atoms with Crippen LogP contribution in [-0.4, -0.2) is 21.4 Å². The molecule has 0 saturated heterocycles. The summed E-state index contributed by atoms with van der Waals surface area (Å²) in [6.07, 6.45) is 5.50. The topological polar surface area (TPSA) is 39.9 Å². The van der Waals surface area contributed by atoms with Crippen molar-refractivity contribution in [2.24, 2.45) is 0 Å². The van der Waals surface area contributed by atoms with Gasteiger partial charge in [0.25, 0.3) is 0 Å². The Morgan fingerprint density at radius 1 is 1.21 bits per heavy atom. The van der Waals surface area contributed by atoms with Gasteiger partial charge >= 0.3 is 6.61 Å². The Morgan fingerprint density at radius 2 is 2.04 bits per heavy atom. The first-order valence-electron chi connectivity index (χ1n) is 7.64. The highest BCUT2D eigenvalue weighted by Gasteiger charge is 2.12. The van der Waals surface area contributed by atoms with E-state index < -0.39 is 6.61 Å². The van der Waals surface area contributed by atoms with Crippen molar-refractivity contribution in [1.29, 1.82) is 0 Å². The zero-order chi connectivity index (χ0) is 17.1. The van der Waals surface area contributed by atoms with Crippen LogP contribution in [0.15, 0.2) is 36.7 Å². The maximum absolute atomic E-state index is 12.5. The molecule has 2 heterocycles. The van der Waals surface area contributed by atoms with Gasteiger partial charge in [-0.2, -0.15) is 13.9 Å². The lowest BCUT2D eigenvalue weighted by atomic mass is 10.1. The molecular formula is C17H16ClF2N3O. The fourth-order valence-corrected chi connectivity index (χ4v) is 2.63. The maximum atomic E-state index is 12.5. The minimum Gasteiger partial charge on any atom is -0.433 e. The number of pyridine rings is 1. The van der Waals surface area contributed by atoms with Crippen LogP contribution in [0.25, 0.3) is 22.2 Å². The molecule has 3 aromatic rings. The summed E-state index contributed by atoms with van der Waals surface area (Å²) in [5, 5.41) is 4.49. The summed E-state index contributed by atoms with van der Waals surface area (Å²) in [4.78, 5) is 4.39. The summed E-state index contributed by atoms with van der Waals surface area (Å²) < 4.78 is 31.3. The normalized spacial score (nSPS) is 11.4. The number of hydrogen-bond donors (Lipinski definition) is 0. The molecule has 7 heteroatoms. The number of ether oxygens (including phenoxy) is 1. The Kier molecular flexibility index (Phi) is 4.94. The molecule has 0 spiro atoms. The third-order valence-electron chi connectivity index (χ3n) is 3.70. The lowest BCUT2D eigenvalue weighted by Gasteiger charge is -2.09. The van der Waals surface area contributed by atoms with Crippen LogP contribution in [0.4, 0.5) is 8.78 Å². The molecule has 3 rings (SSSR count). The van der Waals surface area contributed by atoms with Crippen LogP contribution in [0.2, 0.25) is 5.02 Å². The first-order chi connectivity index (χ1) is 11.6. The van der Waals surface area contributed by atoms with Gasteiger partial charge in [-0.1, -0.05) is 31.0 Å². The van der Waals surface area contributed by atoms with E-state index in [2.05, 4.69) is 21.7 Å². The van der Waals surface area contributed by atoms with E-state index in [1.54, 1.807) is 18.5 Å². The summed E-state index contributed by atoms with van der Waals surface area (Å²) in [6, 6.07) is 6.72. The zero-order valence-corrected chi connectivity index (χ0v) is 13.8. The van der Waals surface area contributed by atoms with Crippen LogP contribution in [0.3, 0.4) is 0 Å². The molecule has 24 heavy (non-hydrogen) atoms. The molecule has 2 aromatic heterocycles. The molecule has 1 aromatic carbocycles. The molecule has 0 aliphatic rings. The predicted molar refractivity (Wildman–Crippen MR) is 89.5 cm³/mol. The molecule has 0 fully saturated rings. The maximum Gasteiger partial charge on any atom is 0.387 e. The fourth-order valence-electron chi connectivity index (χ4n) is 2.47. The van der Waals surface area contributed by atoms with E-state index in [0.29, 0.717) is 5.56 Å². The number of hydrogen-bond acceptors (Lipinski definition) is 3. The van der Waals surface area contributed by atoms with E-state index in [9.17, 15) is 8.78 Å². The van der Waals surface area contributed by atoms with Crippen LogP contribution >= 0.6 is 11.6 Å². The second-order valence-electron chi connectivity index (χ2n) is 5.37. The number of nitrogens with zero attached hydrogens (tertiary/aromatic N) is 3. The van der Waals surface area contributed by atoms with Gasteiger partial charge in [-0.3, -0.25) is 9.67 Å². The number of aryl methyl sites for hydroxylation is 1. The minimum absolute atomic E-state index is 0.0521. The number of benzene rings is 1. The van der Waals surface area contributed by atoms with Gasteiger partial charge in [0, 0.05) is 18.3 Å². The van der Waals surface area contributed by atoms with Gasteiger partial charge in [0.2, 0.25) is 0 Å². The van der Waals surface area contributed by atoms with Crippen molar-refractivity contribution in [3.63, 3.8) is 0 Å². The predicted octanol–water partition coefficient (Wildman–Crippen LogP) is 5.15. The second-order valence-corrected chi connectivity index (χ2v) is 5.78. The number of halogens is 3. The molecule has 0 aliphatic heterocycles. The summed E-state index contributed by atoms with van der Waals surface area (Å²) in [5.74, 6) is -0.0521. The Balaban J connectivity index is 1.99. The number of rotatable bonds is 6. The van der Waals surface area contributed by atoms with Crippen molar-refractivity contribution < 1.29 is 13.5 Å². The standard InChI is InChI=1S/C17H16ClF2N3O/c1-2-3-6-23-15-7-12(9-21-14(15)10-22-23)11-4-5-13(18)16(8-11)24-17(19)20/h4-5,7-10,17H,2-3,6H2,1H3. The molecule has 126 valence electrons. The highest BCUT2D eigenvalue weighted by molar-refractivity contribution is 6.32. The van der Waals surface area contributed by atoms with Crippen molar-refractivity contribution in [1.82, 2.24) is 14.8 Å². The highest BCUT2D eigenvalue weighted by Crippen LogP contribution is 2.32. The third-order valence-corrected chi connectivity index (χ3v) is 4.01. The SMILES string of the molecule is CCCCn1ncc2ncc(-c3ccc(Cl)c(OC(F)F)c3)cc21. The molecule has 0 N–H and O–H groups in total. The van der Waals surface area contributed by atoms with Crippen LogP contribution in [0.1, 0.15) is 19.8 Å². The van der Waals surface area contributed by atoms with Crippen LogP contribution < -0.4 is 4.74 Å². The Labute approximate surface area is 143 Å². The molecule has 0 unspecified atom stereocenters. The summed E-state index contributed by atoms with van der Waals surface area (Å²) in [7, 11) is 0. The lowest BCUT2D eigenvalue weighted by Crippen LogP contribution is -2.02. The van der Waals surface area contributed by atoms with Gasteiger partial charge in [0.05, 0.1) is 16.7 Å². The minimum atomic E-state index is -2.92. The molecule has 4 nitrogen and oxygen atoms in total. The number of unbranched alkanes of at least 4 members (excludes halogenated alkanes) is 1. The van der Waals surface area contributed by atoms with Crippen molar-refractivity contribution in [3.05, 3.63) is 41.7 Å². The summed E-state index contributed by atoms with van der Waals surface area (Å²) >= 11 is 5.90. The van der Waals surface area contributed by atoms with E-state index in [0.717, 1.165) is 36.0 Å². The molecule has 0 atom stereocenters. The second kappa shape index (κ2) is 7.13. The number of fused-ring (bicyclic) bond motifs is 1. The van der Waals surface area contributed by atoms with Gasteiger partial charge in [-0.15, -0.1) is 0 Å². The van der Waals surface area contributed by atoms with Gasteiger partial charge in [0.1, 0.15) is 11.3 Å². The largest absolute Gasteiger partial charge is 0.433 e. The summed E-state index contributed by atoms with van der Waals surface area (Å²) in [6.45, 7) is 0.00730. The van der Waals surface area contributed by atoms with Crippen LogP contribution in [0.5, 0.6) is 5.75 Å². The number of alkyl halides is 2. The molecule has 0 radical (unpaired) electrons. The van der Waals surface area contributed by atoms with Gasteiger partial charge in [-0.05, 0) is 30.2 Å². The highest BCUT2D eigenvalue weighted by atomic mass is 35.5. The van der Waals surface area contributed by atoms with Crippen molar-refractivity contribution in [2.75, 3.05) is 0 Å². The van der Waals surface area contributed by atoms with E-state index >= 15 is 0 Å². The fraction of sp³-hybridized carbons (Fsp3) is 0.294. The molecule has 0 aliphatic carbocycles. The first kappa shape index (κ1) is 16.6. The van der Waals surface area contributed by atoms with E-state index in [1.807, 2.05) is 10.7 Å². The van der Waals surface area contributed by atoms with Crippen LogP contribution in [-0.2, 0) is 6.54 Å². The average Bonchev–Trinajstić information content (AvgIpc) is 2.96. The average molecular weight is 352 g/mol. The van der Waals surface area contributed by atoms with E-state index in [4.69, 9.17) is 11.6 Å². The van der Waals surface area contributed by atoms with Crippen molar-refractivity contribution >= 4 is 22.6 Å². The Morgan fingerprint density at radius 3 is 2.79 bits per heavy atom. The van der Waals surface area contributed by atoms with Gasteiger partial charge in [0.15, 0.2) is 0 Å². The monoisotopic (exact) mass is 351 g/mol. The van der Waals surface area contributed by atoms with Crippen LogP contribution in [0, 0.1) is 0 Å². The molecule has 0 bridgehead atoms. The third kappa shape index (κ3) is 3.48. The quantitative estimate of drug-likeness (QED) is 0.616. The lowest BCUT2D eigenvalue weighted by molar-refractivity contribution is -0.0497. The van der Waals surface area contributed by atoms with E-state index in [1.165, 1.54) is 12.1 Å². The Bertz CT molecular complexity index is 851.